The molecule has 0 saturated carbocycles. The number of aryl methyl sites for hydroxylation is 1. The summed E-state index contributed by atoms with van der Waals surface area (Å²) in [5, 5.41) is 7.98. The minimum absolute atomic E-state index is 0.274. The van der Waals surface area contributed by atoms with E-state index in [0.29, 0.717) is 5.95 Å². The Morgan fingerprint density at radius 1 is 0.973 bits per heavy atom. The Morgan fingerprint density at radius 3 is 2.65 bits per heavy atom. The number of hydrogen-bond donors (Lipinski definition) is 1. The molecular formula is C28H27N8O+. The van der Waals surface area contributed by atoms with Gasteiger partial charge in [0.05, 0.1) is 18.9 Å². The summed E-state index contributed by atoms with van der Waals surface area (Å²) in [5.74, 6) is 0.543. The molecule has 9 nitrogen and oxygen atoms in total. The first-order chi connectivity index (χ1) is 18.2. The third-order valence-corrected chi connectivity index (χ3v) is 6.35. The minimum Gasteiger partial charge on any atom is -0.378 e. The molecule has 4 heterocycles. The summed E-state index contributed by atoms with van der Waals surface area (Å²) in [6.07, 6.45) is 5.07. The molecule has 184 valence electrons. The highest BCUT2D eigenvalue weighted by atomic mass is 16.5. The van der Waals surface area contributed by atoms with Gasteiger partial charge in [-0.25, -0.2) is 9.97 Å². The van der Waals surface area contributed by atoms with Gasteiger partial charge in [0.25, 0.3) is 6.17 Å². The van der Waals surface area contributed by atoms with Crippen molar-refractivity contribution in [2.24, 2.45) is 10.1 Å². The van der Waals surface area contributed by atoms with Crippen LogP contribution in [0, 0.1) is 6.92 Å². The number of anilines is 3. The van der Waals surface area contributed by atoms with E-state index in [4.69, 9.17) is 9.72 Å². The molecule has 2 aliphatic rings. The average Bonchev–Trinajstić information content (AvgIpc) is 3.45. The molecule has 4 aromatic rings. The monoisotopic (exact) mass is 491 g/mol. The van der Waals surface area contributed by atoms with E-state index in [9.17, 15) is 0 Å². The van der Waals surface area contributed by atoms with E-state index < -0.39 is 0 Å². The van der Waals surface area contributed by atoms with Crippen molar-refractivity contribution in [3.63, 3.8) is 0 Å². The predicted molar refractivity (Wildman–Crippen MR) is 143 cm³/mol. The maximum Gasteiger partial charge on any atom is 0.309 e. The molecule has 2 aromatic carbocycles. The number of rotatable bonds is 6. The summed E-state index contributed by atoms with van der Waals surface area (Å²) < 4.78 is 7.27. The van der Waals surface area contributed by atoms with Crippen molar-refractivity contribution in [1.29, 1.82) is 0 Å². The second-order valence-corrected chi connectivity index (χ2v) is 8.92. The minimum atomic E-state index is -0.274. The number of azo groups is 2. The molecular weight excluding hydrogens is 464 g/mol. The fourth-order valence-electron chi connectivity index (χ4n) is 4.31. The normalized spacial score (nSPS) is 17.1. The predicted octanol–water partition coefficient (Wildman–Crippen LogP) is 5.26. The fourth-order valence-corrected chi connectivity index (χ4v) is 4.31. The standard InChI is InChI=1S/C28H27N8O/c1-20-5-6-22(18-30-20)27-31-19-36(34-27)24-9-7-23(8-10-24)32-28-29-12-11-26(33-28)21-3-2-4-25(17-21)35-13-15-37-16-14-35/h2-12,17-19,27H,13-16H2,1H3,(H,29,32,33)/q+1. The summed E-state index contributed by atoms with van der Waals surface area (Å²) in [4.78, 5) is 20.4. The largest absolute Gasteiger partial charge is 0.378 e. The van der Waals surface area contributed by atoms with Crippen LogP contribution in [0.15, 0.2) is 89.2 Å². The van der Waals surface area contributed by atoms with Gasteiger partial charge >= 0.3 is 6.34 Å². The Labute approximate surface area is 215 Å². The highest BCUT2D eigenvalue weighted by Crippen LogP contribution is 2.28. The zero-order valence-electron chi connectivity index (χ0n) is 20.5. The molecule has 0 spiro atoms. The maximum absolute atomic E-state index is 5.48. The highest BCUT2D eigenvalue weighted by Gasteiger charge is 2.24. The van der Waals surface area contributed by atoms with E-state index >= 15 is 0 Å². The third-order valence-electron chi connectivity index (χ3n) is 6.35. The van der Waals surface area contributed by atoms with Gasteiger partial charge in [0.1, 0.15) is 0 Å². The van der Waals surface area contributed by atoms with Crippen molar-refractivity contribution in [3.8, 4) is 11.3 Å². The van der Waals surface area contributed by atoms with Crippen LogP contribution in [0.2, 0.25) is 0 Å². The van der Waals surface area contributed by atoms with Gasteiger partial charge in [-0.3, -0.25) is 4.98 Å². The molecule has 1 atom stereocenters. The Bertz CT molecular complexity index is 1440. The molecule has 9 heteroatoms. The Hall–Kier alpha value is -4.50. The van der Waals surface area contributed by atoms with Crippen LogP contribution < -0.4 is 10.2 Å². The number of nitrogens with zero attached hydrogens (tertiary/aromatic N) is 7. The molecule has 0 amide bonds. The number of benzene rings is 2. The highest BCUT2D eigenvalue weighted by molar-refractivity contribution is 5.67. The third kappa shape index (κ3) is 5.22. The summed E-state index contributed by atoms with van der Waals surface area (Å²) >= 11 is 0. The first-order valence-corrected chi connectivity index (χ1v) is 12.3. The molecule has 0 bridgehead atoms. The van der Waals surface area contributed by atoms with Crippen LogP contribution in [0.4, 0.5) is 23.0 Å². The van der Waals surface area contributed by atoms with Crippen LogP contribution in [0.1, 0.15) is 17.4 Å². The number of aromatic nitrogens is 3. The Morgan fingerprint density at radius 2 is 1.84 bits per heavy atom. The number of ether oxygens (including phenoxy) is 1. The van der Waals surface area contributed by atoms with Crippen molar-refractivity contribution in [1.82, 2.24) is 15.0 Å². The lowest BCUT2D eigenvalue weighted by molar-refractivity contribution is -0.377. The van der Waals surface area contributed by atoms with E-state index in [1.54, 1.807) is 17.2 Å². The number of nitrogens with one attached hydrogen (secondary N) is 1. The molecule has 2 aromatic heterocycles. The molecule has 1 saturated heterocycles. The lowest BCUT2D eigenvalue weighted by Crippen LogP contribution is -2.36. The van der Waals surface area contributed by atoms with E-state index in [1.807, 2.05) is 55.6 Å². The molecule has 1 fully saturated rings. The SMILES string of the molecule is Cc1ccc(C2N=C[N+](c3ccc(Nc4nccc(-c5cccc(N6CCOCC6)c5)n4)cc3)=N2)cn1. The number of morpholine rings is 1. The zero-order chi connectivity index (χ0) is 25.0. The first-order valence-electron chi connectivity index (χ1n) is 12.3. The van der Waals surface area contributed by atoms with E-state index in [0.717, 1.165) is 60.2 Å². The van der Waals surface area contributed by atoms with Crippen molar-refractivity contribution in [2.75, 3.05) is 36.5 Å². The molecule has 1 N–H and O–H groups in total. The number of aliphatic imine (C=N–C) groups is 1. The van der Waals surface area contributed by atoms with Gasteiger partial charge < -0.3 is 15.0 Å². The quantitative estimate of drug-likeness (QED) is 0.370. The van der Waals surface area contributed by atoms with Gasteiger partial charge in [0, 0.05) is 53.7 Å². The van der Waals surface area contributed by atoms with E-state index in [1.165, 1.54) is 5.69 Å². The van der Waals surface area contributed by atoms with Crippen LogP contribution >= 0.6 is 0 Å². The summed E-state index contributed by atoms with van der Waals surface area (Å²) in [6, 6.07) is 22.3. The average molecular weight is 492 g/mol. The van der Waals surface area contributed by atoms with Gasteiger partial charge in [0.2, 0.25) is 5.95 Å². The molecule has 0 radical (unpaired) electrons. The van der Waals surface area contributed by atoms with Gasteiger partial charge in [-0.1, -0.05) is 22.2 Å². The first kappa shape index (κ1) is 22.9. The molecule has 6 rings (SSSR count). The smallest absolute Gasteiger partial charge is 0.309 e. The molecule has 0 aliphatic carbocycles. The maximum atomic E-state index is 5.48. The zero-order valence-corrected chi connectivity index (χ0v) is 20.5. The van der Waals surface area contributed by atoms with Gasteiger partial charge in [-0.15, -0.1) is 4.70 Å². The lowest BCUT2D eigenvalue weighted by Gasteiger charge is -2.29. The summed E-state index contributed by atoms with van der Waals surface area (Å²) in [6.45, 7) is 5.28. The Balaban J connectivity index is 1.15. The fraction of sp³-hybridized carbons (Fsp3) is 0.214. The second kappa shape index (κ2) is 10.2. The van der Waals surface area contributed by atoms with Gasteiger partial charge in [0.15, 0.2) is 5.69 Å². The Kier molecular flexibility index (Phi) is 6.35. The van der Waals surface area contributed by atoms with Gasteiger partial charge in [-0.05, 0) is 61.5 Å². The topological polar surface area (TPSA) is 90.9 Å². The molecule has 37 heavy (non-hydrogen) atoms. The van der Waals surface area contributed by atoms with Crippen LogP contribution in [0.3, 0.4) is 0 Å². The molecule has 2 aliphatic heterocycles. The van der Waals surface area contributed by atoms with Crippen LogP contribution in [0.25, 0.3) is 11.3 Å². The second-order valence-electron chi connectivity index (χ2n) is 8.92. The number of pyridine rings is 1. The summed E-state index contributed by atoms with van der Waals surface area (Å²) in [5.41, 5.74) is 6.86. The molecule has 1 unspecified atom stereocenters. The number of hydrogen-bond acceptors (Lipinski definition) is 8. The van der Waals surface area contributed by atoms with Gasteiger partial charge in [-0.2, -0.15) is 0 Å². The summed E-state index contributed by atoms with van der Waals surface area (Å²) in [7, 11) is 0. The van der Waals surface area contributed by atoms with Crippen molar-refractivity contribution in [3.05, 3.63) is 90.4 Å². The van der Waals surface area contributed by atoms with Crippen molar-refractivity contribution in [2.45, 2.75) is 13.1 Å². The van der Waals surface area contributed by atoms with Crippen LogP contribution in [-0.2, 0) is 4.74 Å². The van der Waals surface area contributed by atoms with Crippen molar-refractivity contribution < 1.29 is 9.43 Å². The van der Waals surface area contributed by atoms with Crippen LogP contribution in [0.5, 0.6) is 0 Å². The van der Waals surface area contributed by atoms with E-state index in [-0.39, 0.29) is 6.17 Å². The lowest BCUT2D eigenvalue weighted by atomic mass is 10.1. The van der Waals surface area contributed by atoms with E-state index in [2.05, 4.69) is 54.6 Å². The van der Waals surface area contributed by atoms with Crippen molar-refractivity contribution >= 4 is 29.3 Å². The van der Waals surface area contributed by atoms with Crippen LogP contribution in [-0.4, -0.2) is 52.3 Å².